The van der Waals surface area contributed by atoms with Crippen molar-refractivity contribution < 1.29 is 27.9 Å². The third-order valence-electron chi connectivity index (χ3n) is 3.23. The summed E-state index contributed by atoms with van der Waals surface area (Å²) in [4.78, 5) is 36.0. The van der Waals surface area contributed by atoms with Gasteiger partial charge in [0.05, 0.1) is 17.2 Å². The maximum Gasteiger partial charge on any atom is 0.342 e. The number of rotatable bonds is 5. The van der Waals surface area contributed by atoms with Crippen LogP contribution in [0.2, 0.25) is 5.02 Å². The summed E-state index contributed by atoms with van der Waals surface area (Å²) in [6.07, 6.45) is 0. The van der Waals surface area contributed by atoms with Gasteiger partial charge in [-0.25, -0.2) is 9.18 Å². The van der Waals surface area contributed by atoms with Gasteiger partial charge in [-0.15, -0.1) is 0 Å². The maximum absolute atomic E-state index is 13.8. The van der Waals surface area contributed by atoms with Gasteiger partial charge in [0.25, 0.3) is 11.8 Å². The standard InChI is InChI=1S/C16H14ClFN2O5/c1-3-24-16(23)10-7(2)25-15(12(10)13(19)21)20-14(22)11-8(17)5-4-6-9(11)18/h4-6H,3H2,1-2H3,(H2,19,21)(H,20,22). The van der Waals surface area contributed by atoms with Crippen LogP contribution in [0.25, 0.3) is 0 Å². The van der Waals surface area contributed by atoms with Crippen LogP contribution in [0.1, 0.15) is 43.8 Å². The molecule has 7 nitrogen and oxygen atoms in total. The zero-order valence-electron chi connectivity index (χ0n) is 13.3. The van der Waals surface area contributed by atoms with Gasteiger partial charge in [0.2, 0.25) is 5.88 Å². The Morgan fingerprint density at radius 1 is 1.28 bits per heavy atom. The van der Waals surface area contributed by atoms with Crippen molar-refractivity contribution in [3.63, 3.8) is 0 Å². The van der Waals surface area contributed by atoms with Crippen molar-refractivity contribution in [2.45, 2.75) is 13.8 Å². The Balaban J connectivity index is 2.47. The zero-order chi connectivity index (χ0) is 18.7. The molecule has 9 heteroatoms. The number of halogens is 2. The minimum atomic E-state index is -1.02. The number of hydrogen-bond donors (Lipinski definition) is 2. The molecular weight excluding hydrogens is 355 g/mol. The van der Waals surface area contributed by atoms with Crippen LogP contribution in [0.5, 0.6) is 0 Å². The van der Waals surface area contributed by atoms with Crippen LogP contribution in [0.15, 0.2) is 22.6 Å². The van der Waals surface area contributed by atoms with Crippen LogP contribution in [-0.4, -0.2) is 24.4 Å². The molecule has 0 fully saturated rings. The third-order valence-corrected chi connectivity index (χ3v) is 3.54. The van der Waals surface area contributed by atoms with E-state index in [1.54, 1.807) is 6.92 Å². The van der Waals surface area contributed by atoms with Crippen molar-refractivity contribution in [3.05, 3.63) is 51.5 Å². The van der Waals surface area contributed by atoms with Crippen molar-refractivity contribution >= 4 is 35.3 Å². The van der Waals surface area contributed by atoms with Gasteiger partial charge < -0.3 is 14.9 Å². The second-order valence-corrected chi connectivity index (χ2v) is 5.28. The highest BCUT2D eigenvalue weighted by Gasteiger charge is 2.30. The van der Waals surface area contributed by atoms with Gasteiger partial charge in [0.1, 0.15) is 22.7 Å². The summed E-state index contributed by atoms with van der Waals surface area (Å²) in [6.45, 7) is 3.04. The van der Waals surface area contributed by atoms with Crippen molar-refractivity contribution in [2.24, 2.45) is 5.73 Å². The molecule has 2 rings (SSSR count). The summed E-state index contributed by atoms with van der Waals surface area (Å²) in [5, 5.41) is 2.08. The van der Waals surface area contributed by atoms with Crippen molar-refractivity contribution in [1.29, 1.82) is 0 Å². The molecule has 1 aromatic heterocycles. The zero-order valence-corrected chi connectivity index (χ0v) is 14.1. The van der Waals surface area contributed by atoms with Gasteiger partial charge >= 0.3 is 5.97 Å². The Bertz CT molecular complexity index is 842. The third kappa shape index (κ3) is 3.63. The number of anilines is 1. The number of ether oxygens (including phenoxy) is 1. The van der Waals surface area contributed by atoms with Gasteiger partial charge in [-0.2, -0.15) is 0 Å². The summed E-state index contributed by atoms with van der Waals surface area (Å²) in [6, 6.07) is 3.71. The molecular formula is C16H14ClFN2O5. The number of primary amides is 1. The molecule has 1 aromatic carbocycles. The van der Waals surface area contributed by atoms with E-state index in [2.05, 4.69) is 5.32 Å². The van der Waals surface area contributed by atoms with Gasteiger partial charge in [-0.1, -0.05) is 17.7 Å². The predicted octanol–water partition coefficient (Wildman–Crippen LogP) is 2.91. The number of carbonyl (C=O) groups is 3. The molecule has 0 unspecified atom stereocenters. The average molecular weight is 369 g/mol. The van der Waals surface area contributed by atoms with Crippen molar-refractivity contribution in [2.75, 3.05) is 11.9 Å². The van der Waals surface area contributed by atoms with E-state index in [1.807, 2.05) is 0 Å². The Labute approximate surface area is 146 Å². The number of aryl methyl sites for hydroxylation is 1. The van der Waals surface area contributed by atoms with E-state index in [1.165, 1.54) is 19.1 Å². The van der Waals surface area contributed by atoms with Crippen LogP contribution in [-0.2, 0) is 4.74 Å². The molecule has 25 heavy (non-hydrogen) atoms. The van der Waals surface area contributed by atoms with Gasteiger partial charge in [-0.3, -0.25) is 14.9 Å². The molecule has 0 atom stereocenters. The molecule has 1 heterocycles. The van der Waals surface area contributed by atoms with E-state index in [-0.39, 0.29) is 28.5 Å². The quantitative estimate of drug-likeness (QED) is 0.788. The average Bonchev–Trinajstić information content (AvgIpc) is 2.83. The topological polar surface area (TPSA) is 112 Å². The molecule has 132 valence electrons. The first-order valence-electron chi connectivity index (χ1n) is 7.13. The first-order chi connectivity index (χ1) is 11.8. The Kier molecular flexibility index (Phi) is 5.43. The normalized spacial score (nSPS) is 10.4. The fourth-order valence-electron chi connectivity index (χ4n) is 2.20. The Hall–Kier alpha value is -2.87. The molecule has 0 saturated carbocycles. The molecule has 2 aromatic rings. The molecule has 0 saturated heterocycles. The smallest absolute Gasteiger partial charge is 0.342 e. The molecule has 0 bridgehead atoms. The first-order valence-corrected chi connectivity index (χ1v) is 7.51. The lowest BCUT2D eigenvalue weighted by Gasteiger charge is -2.07. The number of hydrogen-bond acceptors (Lipinski definition) is 5. The van der Waals surface area contributed by atoms with Crippen LogP contribution in [0.4, 0.5) is 10.3 Å². The molecule has 0 radical (unpaired) electrons. The second-order valence-electron chi connectivity index (χ2n) is 4.87. The summed E-state index contributed by atoms with van der Waals surface area (Å²) >= 11 is 5.82. The molecule has 3 N–H and O–H groups in total. The summed E-state index contributed by atoms with van der Waals surface area (Å²) < 4.78 is 23.9. The minimum Gasteiger partial charge on any atom is -0.462 e. The SMILES string of the molecule is CCOC(=O)c1c(C)oc(NC(=O)c2c(F)cccc2Cl)c1C(N)=O. The molecule has 2 amide bonds. The summed E-state index contributed by atoms with van der Waals surface area (Å²) in [5.41, 5.74) is 4.27. The van der Waals surface area contributed by atoms with Crippen LogP contribution >= 0.6 is 11.6 Å². The number of nitrogens with two attached hydrogens (primary N) is 1. The Morgan fingerprint density at radius 3 is 2.52 bits per heavy atom. The lowest BCUT2D eigenvalue weighted by atomic mass is 10.1. The lowest BCUT2D eigenvalue weighted by molar-refractivity contribution is 0.0521. The van der Waals surface area contributed by atoms with Crippen LogP contribution < -0.4 is 11.1 Å². The highest BCUT2D eigenvalue weighted by molar-refractivity contribution is 6.34. The summed E-state index contributed by atoms with van der Waals surface area (Å²) in [7, 11) is 0. The number of esters is 1. The van der Waals surface area contributed by atoms with E-state index in [0.29, 0.717) is 0 Å². The van der Waals surface area contributed by atoms with E-state index < -0.39 is 35.0 Å². The van der Waals surface area contributed by atoms with E-state index >= 15 is 0 Å². The van der Waals surface area contributed by atoms with Gasteiger partial charge in [0.15, 0.2) is 0 Å². The highest BCUT2D eigenvalue weighted by atomic mass is 35.5. The van der Waals surface area contributed by atoms with E-state index in [4.69, 9.17) is 26.5 Å². The largest absolute Gasteiger partial charge is 0.462 e. The fourth-order valence-corrected chi connectivity index (χ4v) is 2.45. The monoisotopic (exact) mass is 368 g/mol. The van der Waals surface area contributed by atoms with E-state index in [0.717, 1.165) is 6.07 Å². The number of furan rings is 1. The number of benzene rings is 1. The van der Waals surface area contributed by atoms with Crippen molar-refractivity contribution in [1.82, 2.24) is 0 Å². The first kappa shape index (κ1) is 18.5. The molecule has 0 spiro atoms. The fraction of sp³-hybridized carbons (Fsp3) is 0.188. The molecule has 0 aliphatic heterocycles. The number of amides is 2. The molecule has 0 aliphatic carbocycles. The predicted molar refractivity (Wildman–Crippen MR) is 87.3 cm³/mol. The van der Waals surface area contributed by atoms with Crippen LogP contribution in [0, 0.1) is 12.7 Å². The van der Waals surface area contributed by atoms with Gasteiger partial charge in [-0.05, 0) is 26.0 Å². The van der Waals surface area contributed by atoms with E-state index in [9.17, 15) is 18.8 Å². The highest BCUT2D eigenvalue weighted by Crippen LogP contribution is 2.29. The maximum atomic E-state index is 13.8. The summed E-state index contributed by atoms with van der Waals surface area (Å²) in [5.74, 6) is -4.05. The van der Waals surface area contributed by atoms with Crippen LogP contribution in [0.3, 0.4) is 0 Å². The number of nitrogens with one attached hydrogen (secondary N) is 1. The molecule has 0 aliphatic rings. The van der Waals surface area contributed by atoms with Crippen molar-refractivity contribution in [3.8, 4) is 0 Å². The second kappa shape index (κ2) is 7.35. The van der Waals surface area contributed by atoms with Gasteiger partial charge in [0, 0.05) is 0 Å². The minimum absolute atomic E-state index is 0.0159. The lowest BCUT2D eigenvalue weighted by Crippen LogP contribution is -2.21. The number of carbonyl (C=O) groups excluding carboxylic acids is 3. The Morgan fingerprint density at radius 2 is 1.96 bits per heavy atom.